The molecule has 7 nitrogen and oxygen atoms in total. The first-order chi connectivity index (χ1) is 11.1. The molecule has 0 saturated carbocycles. The van der Waals surface area contributed by atoms with E-state index in [2.05, 4.69) is 15.4 Å². The molecule has 0 aliphatic heterocycles. The fraction of sp³-hybridized carbons (Fsp3) is 0.188. The maximum absolute atomic E-state index is 12.2. The van der Waals surface area contributed by atoms with Crippen molar-refractivity contribution >= 4 is 11.7 Å². The second-order valence-electron chi connectivity index (χ2n) is 4.98. The maximum Gasteiger partial charge on any atom is 0.279 e. The smallest absolute Gasteiger partial charge is 0.279 e. The first-order valence-corrected chi connectivity index (χ1v) is 6.98. The average Bonchev–Trinajstić information content (AvgIpc) is 3.14. The third-order valence-electron chi connectivity index (χ3n) is 3.45. The van der Waals surface area contributed by atoms with Crippen LogP contribution in [0.2, 0.25) is 0 Å². The lowest BCUT2D eigenvalue weighted by Gasteiger charge is -2.02. The van der Waals surface area contributed by atoms with E-state index in [9.17, 15) is 4.79 Å². The van der Waals surface area contributed by atoms with Crippen molar-refractivity contribution in [2.45, 2.75) is 6.92 Å². The average molecular weight is 312 g/mol. The van der Waals surface area contributed by atoms with Crippen LogP contribution >= 0.6 is 0 Å². The zero-order chi connectivity index (χ0) is 16.4. The Morgan fingerprint density at radius 2 is 2.17 bits per heavy atom. The molecule has 0 atom stereocenters. The zero-order valence-corrected chi connectivity index (χ0v) is 13.0. The van der Waals surface area contributed by atoms with Gasteiger partial charge in [-0.1, -0.05) is 12.1 Å². The summed E-state index contributed by atoms with van der Waals surface area (Å²) >= 11 is 0. The number of ether oxygens (including phenoxy) is 1. The number of aryl methyl sites for hydroxylation is 2. The van der Waals surface area contributed by atoms with Gasteiger partial charge in [-0.3, -0.25) is 9.48 Å². The second-order valence-corrected chi connectivity index (χ2v) is 4.98. The van der Waals surface area contributed by atoms with Crippen LogP contribution in [0.5, 0.6) is 5.75 Å². The predicted octanol–water partition coefficient (Wildman–Crippen LogP) is 2.64. The van der Waals surface area contributed by atoms with Gasteiger partial charge < -0.3 is 14.5 Å². The van der Waals surface area contributed by atoms with E-state index in [0.717, 1.165) is 17.0 Å². The zero-order valence-electron chi connectivity index (χ0n) is 13.0. The second kappa shape index (κ2) is 5.96. The lowest BCUT2D eigenvalue weighted by molar-refractivity contribution is 0.102. The van der Waals surface area contributed by atoms with Crippen molar-refractivity contribution in [1.82, 2.24) is 14.8 Å². The number of nitrogens with zero attached hydrogens (tertiary/aromatic N) is 3. The van der Waals surface area contributed by atoms with E-state index in [4.69, 9.17) is 9.15 Å². The van der Waals surface area contributed by atoms with Crippen molar-refractivity contribution in [1.29, 1.82) is 0 Å². The molecule has 0 unspecified atom stereocenters. The standard InChI is InChI=1S/C16H16N4O3/c1-10-15(17-9-23-10)16(21)18-14-8-13(19-20(14)2)11-5-4-6-12(7-11)22-3/h4-9H,1-3H3,(H,18,21). The Bertz CT molecular complexity index is 851. The van der Waals surface area contributed by atoms with Crippen LogP contribution in [0.15, 0.2) is 41.1 Å². The third kappa shape index (κ3) is 2.94. The largest absolute Gasteiger partial charge is 0.497 e. The van der Waals surface area contributed by atoms with Gasteiger partial charge in [-0.05, 0) is 19.1 Å². The van der Waals surface area contributed by atoms with Crippen LogP contribution in [0.4, 0.5) is 5.82 Å². The third-order valence-corrected chi connectivity index (χ3v) is 3.45. The Balaban J connectivity index is 1.86. The number of rotatable bonds is 4. The van der Waals surface area contributed by atoms with E-state index in [0.29, 0.717) is 11.6 Å². The van der Waals surface area contributed by atoms with Crippen molar-refractivity contribution < 1.29 is 13.9 Å². The molecular weight excluding hydrogens is 296 g/mol. The molecule has 0 aliphatic carbocycles. The van der Waals surface area contributed by atoms with Gasteiger partial charge in [0.2, 0.25) is 0 Å². The van der Waals surface area contributed by atoms with Crippen molar-refractivity contribution in [2.24, 2.45) is 7.05 Å². The van der Waals surface area contributed by atoms with Gasteiger partial charge >= 0.3 is 0 Å². The first-order valence-electron chi connectivity index (χ1n) is 6.98. The van der Waals surface area contributed by atoms with E-state index >= 15 is 0 Å². The summed E-state index contributed by atoms with van der Waals surface area (Å²) in [7, 11) is 3.37. The Labute approximate surface area is 132 Å². The molecule has 23 heavy (non-hydrogen) atoms. The Morgan fingerprint density at radius 1 is 1.35 bits per heavy atom. The van der Waals surface area contributed by atoms with Gasteiger partial charge in [0.1, 0.15) is 17.3 Å². The summed E-state index contributed by atoms with van der Waals surface area (Å²) in [4.78, 5) is 16.1. The molecule has 0 bridgehead atoms. The number of oxazole rings is 1. The predicted molar refractivity (Wildman–Crippen MR) is 84.4 cm³/mol. The van der Waals surface area contributed by atoms with Gasteiger partial charge in [-0.15, -0.1) is 0 Å². The Morgan fingerprint density at radius 3 is 2.87 bits per heavy atom. The molecule has 7 heteroatoms. The summed E-state index contributed by atoms with van der Waals surface area (Å²) in [5.41, 5.74) is 1.89. The number of amides is 1. The van der Waals surface area contributed by atoms with Crippen LogP contribution in [0, 0.1) is 6.92 Å². The molecule has 0 spiro atoms. The first kappa shape index (κ1) is 14.8. The number of carbonyl (C=O) groups is 1. The van der Waals surface area contributed by atoms with Gasteiger partial charge in [0.15, 0.2) is 12.1 Å². The minimum absolute atomic E-state index is 0.258. The summed E-state index contributed by atoms with van der Waals surface area (Å²) < 4.78 is 11.9. The highest BCUT2D eigenvalue weighted by atomic mass is 16.5. The number of aromatic nitrogens is 3. The van der Waals surface area contributed by atoms with Crippen LogP contribution in [0.1, 0.15) is 16.2 Å². The van der Waals surface area contributed by atoms with Gasteiger partial charge in [0.05, 0.1) is 12.8 Å². The number of anilines is 1. The molecule has 1 amide bonds. The lowest BCUT2D eigenvalue weighted by Crippen LogP contribution is -2.15. The summed E-state index contributed by atoms with van der Waals surface area (Å²) in [6, 6.07) is 9.36. The van der Waals surface area contributed by atoms with Crippen molar-refractivity contribution in [2.75, 3.05) is 12.4 Å². The number of hydrogen-bond acceptors (Lipinski definition) is 5. The minimum atomic E-state index is -0.337. The molecule has 3 rings (SSSR count). The van der Waals surface area contributed by atoms with Gasteiger partial charge in [-0.25, -0.2) is 4.98 Å². The van der Waals surface area contributed by atoms with Gasteiger partial charge in [-0.2, -0.15) is 5.10 Å². The number of hydrogen-bond donors (Lipinski definition) is 1. The maximum atomic E-state index is 12.2. The number of carbonyl (C=O) groups excluding carboxylic acids is 1. The molecule has 2 aromatic heterocycles. The van der Waals surface area contributed by atoms with Crippen LogP contribution in [-0.2, 0) is 7.05 Å². The van der Waals surface area contributed by atoms with Gasteiger partial charge in [0, 0.05) is 18.7 Å². The molecule has 0 saturated heterocycles. The Hall–Kier alpha value is -3.09. The Kier molecular flexibility index (Phi) is 3.84. The fourth-order valence-corrected chi connectivity index (χ4v) is 2.21. The van der Waals surface area contributed by atoms with E-state index in [-0.39, 0.29) is 11.6 Å². The molecule has 0 radical (unpaired) electrons. The van der Waals surface area contributed by atoms with Crippen molar-refractivity contribution in [3.63, 3.8) is 0 Å². The summed E-state index contributed by atoms with van der Waals surface area (Å²) in [5, 5.41) is 7.20. The van der Waals surface area contributed by atoms with Crippen LogP contribution in [0.3, 0.4) is 0 Å². The summed E-state index contributed by atoms with van der Waals surface area (Å²) in [6.07, 6.45) is 1.25. The minimum Gasteiger partial charge on any atom is -0.497 e. The number of nitrogens with one attached hydrogen (secondary N) is 1. The fourth-order valence-electron chi connectivity index (χ4n) is 2.21. The topological polar surface area (TPSA) is 82.2 Å². The molecule has 3 aromatic rings. The van der Waals surface area contributed by atoms with Crippen molar-refractivity contribution in [3.8, 4) is 17.0 Å². The summed E-state index contributed by atoms with van der Waals surface area (Å²) in [5.74, 6) is 1.45. The molecule has 1 N–H and O–H groups in total. The molecular formula is C16H16N4O3. The highest BCUT2D eigenvalue weighted by Crippen LogP contribution is 2.25. The van der Waals surface area contributed by atoms with Gasteiger partial charge in [0.25, 0.3) is 5.91 Å². The van der Waals surface area contributed by atoms with E-state index in [1.807, 2.05) is 24.3 Å². The molecule has 0 aliphatic rings. The van der Waals surface area contributed by atoms with Crippen LogP contribution in [-0.4, -0.2) is 27.8 Å². The highest BCUT2D eigenvalue weighted by Gasteiger charge is 2.16. The lowest BCUT2D eigenvalue weighted by atomic mass is 10.1. The van der Waals surface area contributed by atoms with E-state index in [1.165, 1.54) is 6.39 Å². The quantitative estimate of drug-likeness (QED) is 0.801. The van der Waals surface area contributed by atoms with E-state index < -0.39 is 0 Å². The monoisotopic (exact) mass is 312 g/mol. The molecule has 1 aromatic carbocycles. The highest BCUT2D eigenvalue weighted by molar-refractivity contribution is 6.03. The summed E-state index contributed by atoms with van der Waals surface area (Å²) in [6.45, 7) is 1.69. The normalized spacial score (nSPS) is 10.6. The SMILES string of the molecule is COc1cccc(-c2cc(NC(=O)c3ncoc3C)n(C)n2)c1. The number of methoxy groups -OCH3 is 1. The van der Waals surface area contributed by atoms with E-state index in [1.54, 1.807) is 31.8 Å². The van der Waals surface area contributed by atoms with Crippen LogP contribution < -0.4 is 10.1 Å². The molecule has 0 fully saturated rings. The molecule has 2 heterocycles. The number of benzene rings is 1. The van der Waals surface area contributed by atoms with Crippen molar-refractivity contribution in [3.05, 3.63) is 48.2 Å². The van der Waals surface area contributed by atoms with Crippen LogP contribution in [0.25, 0.3) is 11.3 Å². The molecule has 118 valence electrons.